The Morgan fingerprint density at radius 2 is 1.89 bits per heavy atom. The maximum absolute atomic E-state index is 11.8. The standard InChI is InChI=1S/C15H24O2Si/c1-7-14(16)12-9-8-10-13(11-12)18(5,6)17-15(2,3)4/h8-11H,7H2,1-6H3. The summed E-state index contributed by atoms with van der Waals surface area (Å²) >= 11 is 0. The third kappa shape index (κ3) is 4.07. The van der Waals surface area contributed by atoms with Crippen LogP contribution in [0.15, 0.2) is 24.3 Å². The molecule has 1 aromatic carbocycles. The van der Waals surface area contributed by atoms with E-state index < -0.39 is 8.32 Å². The number of rotatable bonds is 4. The molecule has 1 rings (SSSR count). The fourth-order valence-electron chi connectivity index (χ4n) is 2.10. The lowest BCUT2D eigenvalue weighted by Gasteiger charge is -2.32. The molecule has 0 saturated heterocycles. The highest BCUT2D eigenvalue weighted by Crippen LogP contribution is 2.17. The molecule has 100 valence electrons. The van der Waals surface area contributed by atoms with E-state index in [0.29, 0.717) is 6.42 Å². The Kier molecular flexibility index (Phi) is 4.51. The van der Waals surface area contributed by atoms with Crippen LogP contribution >= 0.6 is 0 Å². The van der Waals surface area contributed by atoms with Crippen molar-refractivity contribution in [2.75, 3.05) is 0 Å². The van der Waals surface area contributed by atoms with Crippen LogP contribution in [0, 0.1) is 0 Å². The van der Waals surface area contributed by atoms with Crippen molar-refractivity contribution in [1.82, 2.24) is 0 Å². The highest BCUT2D eigenvalue weighted by atomic mass is 28.4. The number of ketones is 1. The quantitative estimate of drug-likeness (QED) is 0.614. The average Bonchev–Trinajstić information content (AvgIpc) is 2.25. The molecule has 0 atom stereocenters. The molecule has 0 amide bonds. The van der Waals surface area contributed by atoms with Gasteiger partial charge in [0.05, 0.1) is 0 Å². The minimum Gasteiger partial charge on any atom is -0.408 e. The molecule has 0 spiro atoms. The molecule has 0 aromatic heterocycles. The van der Waals surface area contributed by atoms with Crippen LogP contribution < -0.4 is 5.19 Å². The fourth-order valence-corrected chi connectivity index (χ4v) is 4.75. The first-order valence-corrected chi connectivity index (χ1v) is 9.40. The van der Waals surface area contributed by atoms with Crippen molar-refractivity contribution >= 4 is 19.3 Å². The topological polar surface area (TPSA) is 26.3 Å². The Morgan fingerprint density at radius 1 is 1.28 bits per heavy atom. The largest absolute Gasteiger partial charge is 0.408 e. The van der Waals surface area contributed by atoms with E-state index >= 15 is 0 Å². The van der Waals surface area contributed by atoms with Crippen molar-refractivity contribution in [2.45, 2.75) is 52.8 Å². The van der Waals surface area contributed by atoms with Crippen molar-refractivity contribution < 1.29 is 9.22 Å². The van der Waals surface area contributed by atoms with Crippen LogP contribution in [0.1, 0.15) is 44.5 Å². The lowest BCUT2D eigenvalue weighted by atomic mass is 10.1. The normalized spacial score (nSPS) is 12.6. The fraction of sp³-hybridized carbons (Fsp3) is 0.533. The lowest BCUT2D eigenvalue weighted by molar-refractivity contribution is 0.0988. The summed E-state index contributed by atoms with van der Waals surface area (Å²) in [5.41, 5.74) is 0.647. The molecule has 0 aliphatic carbocycles. The van der Waals surface area contributed by atoms with Crippen molar-refractivity contribution in [1.29, 1.82) is 0 Å². The molecule has 0 unspecified atom stereocenters. The molecular weight excluding hydrogens is 240 g/mol. The molecule has 0 fully saturated rings. The third-order valence-electron chi connectivity index (χ3n) is 2.76. The zero-order valence-electron chi connectivity index (χ0n) is 12.3. The molecule has 1 aromatic rings. The van der Waals surface area contributed by atoms with Gasteiger partial charge in [-0.1, -0.05) is 25.1 Å². The third-order valence-corrected chi connectivity index (χ3v) is 5.59. The van der Waals surface area contributed by atoms with Gasteiger partial charge in [0.15, 0.2) is 5.78 Å². The average molecular weight is 264 g/mol. The first-order chi connectivity index (χ1) is 8.15. The number of carbonyl (C=O) groups excluding carboxylic acids is 1. The van der Waals surface area contributed by atoms with E-state index in [9.17, 15) is 4.79 Å². The first kappa shape index (κ1) is 15.1. The summed E-state index contributed by atoms with van der Waals surface area (Å²) in [7, 11) is -1.96. The van der Waals surface area contributed by atoms with Crippen molar-refractivity contribution in [3.63, 3.8) is 0 Å². The molecule has 2 nitrogen and oxygen atoms in total. The van der Waals surface area contributed by atoms with Crippen LogP contribution in [0.3, 0.4) is 0 Å². The zero-order valence-corrected chi connectivity index (χ0v) is 13.3. The van der Waals surface area contributed by atoms with Gasteiger partial charge < -0.3 is 4.43 Å². The summed E-state index contributed by atoms with van der Waals surface area (Å²) in [5, 5.41) is 1.18. The summed E-state index contributed by atoms with van der Waals surface area (Å²) in [6, 6.07) is 7.92. The maximum Gasteiger partial charge on any atom is 0.218 e. The number of hydrogen-bond acceptors (Lipinski definition) is 2. The molecule has 0 saturated carbocycles. The SMILES string of the molecule is CCC(=O)c1cccc([Si](C)(C)OC(C)(C)C)c1. The minimum atomic E-state index is -1.96. The van der Waals surface area contributed by atoms with E-state index in [1.165, 1.54) is 5.19 Å². The smallest absolute Gasteiger partial charge is 0.218 e. The zero-order chi connectivity index (χ0) is 14.0. The van der Waals surface area contributed by atoms with Crippen LogP contribution in [0.2, 0.25) is 13.1 Å². The van der Waals surface area contributed by atoms with E-state index in [1.807, 2.05) is 25.1 Å². The van der Waals surface area contributed by atoms with Crippen LogP contribution in [-0.2, 0) is 4.43 Å². The number of hydrogen-bond donors (Lipinski definition) is 0. The summed E-state index contributed by atoms with van der Waals surface area (Å²) in [4.78, 5) is 11.8. The Labute approximate surface area is 111 Å². The molecular formula is C15H24O2Si. The molecule has 0 aliphatic heterocycles. The summed E-state index contributed by atoms with van der Waals surface area (Å²) in [6.45, 7) is 12.5. The van der Waals surface area contributed by atoms with E-state index in [4.69, 9.17) is 4.43 Å². The predicted molar refractivity (Wildman–Crippen MR) is 79.0 cm³/mol. The van der Waals surface area contributed by atoms with E-state index in [-0.39, 0.29) is 11.4 Å². The Bertz CT molecular complexity index is 430. The van der Waals surface area contributed by atoms with Gasteiger partial charge in [-0.2, -0.15) is 0 Å². The van der Waals surface area contributed by atoms with Gasteiger partial charge in [0, 0.05) is 17.6 Å². The van der Waals surface area contributed by atoms with E-state index in [0.717, 1.165) is 5.56 Å². The van der Waals surface area contributed by atoms with Gasteiger partial charge in [-0.15, -0.1) is 0 Å². The van der Waals surface area contributed by atoms with Crippen LogP contribution in [0.25, 0.3) is 0 Å². The van der Waals surface area contributed by atoms with Crippen molar-refractivity contribution in [3.05, 3.63) is 29.8 Å². The van der Waals surface area contributed by atoms with Crippen molar-refractivity contribution in [3.8, 4) is 0 Å². The van der Waals surface area contributed by atoms with Gasteiger partial charge >= 0.3 is 0 Å². The van der Waals surface area contributed by atoms with Crippen LogP contribution in [0.4, 0.5) is 0 Å². The van der Waals surface area contributed by atoms with Crippen molar-refractivity contribution in [2.24, 2.45) is 0 Å². The van der Waals surface area contributed by atoms with Gasteiger partial charge in [0.1, 0.15) is 0 Å². The monoisotopic (exact) mass is 264 g/mol. The maximum atomic E-state index is 11.8. The van der Waals surface area contributed by atoms with E-state index in [2.05, 4.69) is 39.9 Å². The predicted octanol–water partition coefficient (Wildman–Crippen LogP) is 3.51. The van der Waals surface area contributed by atoms with Gasteiger partial charge in [-0.05, 0) is 45.1 Å². The highest BCUT2D eigenvalue weighted by molar-refractivity contribution is 6.84. The van der Waals surface area contributed by atoms with E-state index in [1.54, 1.807) is 0 Å². The molecule has 0 bridgehead atoms. The van der Waals surface area contributed by atoms with Crippen LogP contribution in [0.5, 0.6) is 0 Å². The number of benzene rings is 1. The first-order valence-electron chi connectivity index (χ1n) is 6.49. The number of Topliss-reactive ketones (excluding diaryl/α,β-unsaturated/α-hetero) is 1. The Balaban J connectivity index is 3.05. The lowest BCUT2D eigenvalue weighted by Crippen LogP contribution is -2.49. The summed E-state index contributed by atoms with van der Waals surface area (Å²) < 4.78 is 6.21. The molecule has 0 radical (unpaired) electrons. The van der Waals surface area contributed by atoms with Gasteiger partial charge in [-0.25, -0.2) is 0 Å². The second-order valence-electron chi connectivity index (χ2n) is 6.08. The Hall–Kier alpha value is -0.933. The molecule has 0 aliphatic rings. The Morgan fingerprint density at radius 3 is 2.39 bits per heavy atom. The van der Waals surface area contributed by atoms with Gasteiger partial charge in [-0.3, -0.25) is 4.79 Å². The minimum absolute atomic E-state index is 0.152. The highest BCUT2D eigenvalue weighted by Gasteiger charge is 2.31. The molecule has 0 N–H and O–H groups in total. The second-order valence-corrected chi connectivity index (χ2v) is 9.88. The summed E-state index contributed by atoms with van der Waals surface area (Å²) in [5.74, 6) is 0.192. The molecule has 3 heteroatoms. The molecule has 0 heterocycles. The van der Waals surface area contributed by atoms with Gasteiger partial charge in [0.25, 0.3) is 0 Å². The summed E-state index contributed by atoms with van der Waals surface area (Å²) in [6.07, 6.45) is 0.547. The van der Waals surface area contributed by atoms with Gasteiger partial charge in [0.2, 0.25) is 8.32 Å². The second kappa shape index (κ2) is 5.37. The van der Waals surface area contributed by atoms with Crippen LogP contribution in [-0.4, -0.2) is 19.7 Å². The molecule has 18 heavy (non-hydrogen) atoms. The number of carbonyl (C=O) groups is 1.